The van der Waals surface area contributed by atoms with E-state index in [-0.39, 0.29) is 5.91 Å². The summed E-state index contributed by atoms with van der Waals surface area (Å²) >= 11 is 0. The summed E-state index contributed by atoms with van der Waals surface area (Å²) in [6.45, 7) is 4.78. The Morgan fingerprint density at radius 1 is 1.00 bits per heavy atom. The molecule has 1 aliphatic heterocycles. The zero-order valence-electron chi connectivity index (χ0n) is 19.3. The first kappa shape index (κ1) is 22.5. The van der Waals surface area contributed by atoms with Crippen LogP contribution in [0.2, 0.25) is 0 Å². The number of nitrogens with zero attached hydrogens (tertiary/aromatic N) is 1. The number of hydrogen-bond acceptors (Lipinski definition) is 5. The minimum atomic E-state index is -0.247. The van der Waals surface area contributed by atoms with Crippen molar-refractivity contribution in [2.24, 2.45) is 5.92 Å². The van der Waals surface area contributed by atoms with Gasteiger partial charge in [0.25, 0.3) is 5.91 Å². The van der Waals surface area contributed by atoms with Gasteiger partial charge in [0.05, 0.1) is 14.2 Å². The van der Waals surface area contributed by atoms with Crippen molar-refractivity contribution in [2.45, 2.75) is 20.0 Å². The second-order valence-electron chi connectivity index (χ2n) is 8.33. The zero-order valence-corrected chi connectivity index (χ0v) is 19.3. The summed E-state index contributed by atoms with van der Waals surface area (Å²) in [6, 6.07) is 21.1. The van der Waals surface area contributed by atoms with Crippen molar-refractivity contribution in [3.63, 3.8) is 0 Å². The maximum Gasteiger partial charge on any atom is 0.255 e. The molecule has 0 spiro atoms. The molecule has 4 rings (SSSR count). The first-order valence-corrected chi connectivity index (χ1v) is 11.2. The summed E-state index contributed by atoms with van der Waals surface area (Å²) in [5.41, 5.74) is 3.36. The molecule has 0 bridgehead atoms. The topological polar surface area (TPSA) is 60.0 Å². The molecule has 1 fully saturated rings. The lowest BCUT2D eigenvalue weighted by Crippen LogP contribution is -2.19. The van der Waals surface area contributed by atoms with Gasteiger partial charge in [-0.2, -0.15) is 0 Å². The summed E-state index contributed by atoms with van der Waals surface area (Å²) in [5.74, 6) is 1.81. The van der Waals surface area contributed by atoms with Gasteiger partial charge in [0.2, 0.25) is 5.75 Å². The highest BCUT2D eigenvalue weighted by Gasteiger charge is 2.20. The number of benzene rings is 3. The van der Waals surface area contributed by atoms with Crippen LogP contribution in [0.3, 0.4) is 0 Å². The average Bonchev–Trinajstić information content (AvgIpc) is 3.29. The maximum absolute atomic E-state index is 13.0. The Morgan fingerprint density at radius 3 is 2.24 bits per heavy atom. The number of ether oxygens (including phenoxy) is 3. The SMILES string of the molecule is COc1cc(C(=O)Nc2ccc(N3CCC(C)C3)cc2)cc(OC)c1OCc1ccccc1. The maximum atomic E-state index is 13.0. The number of carbonyl (C=O) groups is 1. The van der Waals surface area contributed by atoms with E-state index in [2.05, 4.69) is 29.3 Å². The third kappa shape index (κ3) is 5.40. The van der Waals surface area contributed by atoms with E-state index < -0.39 is 0 Å². The third-order valence-corrected chi connectivity index (χ3v) is 5.86. The molecule has 1 unspecified atom stereocenters. The lowest BCUT2D eigenvalue weighted by atomic mass is 10.1. The Morgan fingerprint density at radius 2 is 1.67 bits per heavy atom. The number of amides is 1. The lowest BCUT2D eigenvalue weighted by Gasteiger charge is -2.19. The fourth-order valence-corrected chi connectivity index (χ4v) is 4.01. The van der Waals surface area contributed by atoms with Crippen LogP contribution in [0.25, 0.3) is 0 Å². The zero-order chi connectivity index (χ0) is 23.2. The van der Waals surface area contributed by atoms with E-state index in [0.717, 1.165) is 24.3 Å². The van der Waals surface area contributed by atoms with E-state index in [4.69, 9.17) is 14.2 Å². The first-order valence-electron chi connectivity index (χ1n) is 11.2. The molecule has 172 valence electrons. The van der Waals surface area contributed by atoms with E-state index >= 15 is 0 Å². The molecule has 0 saturated carbocycles. The normalized spacial score (nSPS) is 15.2. The standard InChI is InChI=1S/C27H30N2O4/c1-19-13-14-29(17-19)23-11-9-22(10-12-23)28-27(30)21-15-24(31-2)26(25(16-21)32-3)33-18-20-7-5-4-6-8-20/h4-12,15-16,19H,13-14,17-18H2,1-3H3,(H,28,30). The molecule has 33 heavy (non-hydrogen) atoms. The van der Waals surface area contributed by atoms with Gasteiger partial charge < -0.3 is 24.4 Å². The number of rotatable bonds is 8. The predicted octanol–water partition coefficient (Wildman–Crippen LogP) is 5.38. The van der Waals surface area contributed by atoms with Crippen LogP contribution in [0.4, 0.5) is 11.4 Å². The second-order valence-corrected chi connectivity index (χ2v) is 8.33. The number of hydrogen-bond donors (Lipinski definition) is 1. The van der Waals surface area contributed by atoms with E-state index in [1.54, 1.807) is 26.4 Å². The fourth-order valence-electron chi connectivity index (χ4n) is 4.01. The van der Waals surface area contributed by atoms with Crippen LogP contribution in [0.5, 0.6) is 17.2 Å². The minimum absolute atomic E-state index is 0.247. The summed E-state index contributed by atoms with van der Waals surface area (Å²) in [5, 5.41) is 2.96. The van der Waals surface area contributed by atoms with Crippen LogP contribution >= 0.6 is 0 Å². The molecule has 1 atom stereocenters. The summed E-state index contributed by atoms with van der Waals surface area (Å²) in [6.07, 6.45) is 1.22. The van der Waals surface area contributed by atoms with Crippen molar-refractivity contribution in [1.82, 2.24) is 0 Å². The molecule has 1 saturated heterocycles. The van der Waals surface area contributed by atoms with Gasteiger partial charge in [-0.3, -0.25) is 4.79 Å². The van der Waals surface area contributed by atoms with Gasteiger partial charge in [-0.05, 0) is 54.3 Å². The molecule has 0 aromatic heterocycles. The van der Waals surface area contributed by atoms with Crippen molar-refractivity contribution in [3.8, 4) is 17.2 Å². The third-order valence-electron chi connectivity index (χ3n) is 5.86. The Labute approximate surface area is 195 Å². The minimum Gasteiger partial charge on any atom is -0.493 e. The van der Waals surface area contributed by atoms with Gasteiger partial charge in [0, 0.05) is 30.0 Å². The Kier molecular flexibility index (Phi) is 7.03. The monoisotopic (exact) mass is 446 g/mol. The molecule has 1 amide bonds. The molecule has 3 aromatic rings. The van der Waals surface area contributed by atoms with E-state index in [1.165, 1.54) is 12.1 Å². The summed E-state index contributed by atoms with van der Waals surface area (Å²) in [7, 11) is 3.09. The molecule has 3 aromatic carbocycles. The highest BCUT2D eigenvalue weighted by Crippen LogP contribution is 2.39. The van der Waals surface area contributed by atoms with Crippen molar-refractivity contribution >= 4 is 17.3 Å². The molecule has 6 nitrogen and oxygen atoms in total. The highest BCUT2D eigenvalue weighted by atomic mass is 16.5. The number of nitrogens with one attached hydrogen (secondary N) is 1. The fraction of sp³-hybridized carbons (Fsp3) is 0.296. The molecule has 0 aliphatic carbocycles. The second kappa shape index (κ2) is 10.3. The predicted molar refractivity (Wildman–Crippen MR) is 131 cm³/mol. The van der Waals surface area contributed by atoms with Gasteiger partial charge in [-0.15, -0.1) is 0 Å². The van der Waals surface area contributed by atoms with Crippen molar-refractivity contribution in [3.05, 3.63) is 77.9 Å². The lowest BCUT2D eigenvalue weighted by molar-refractivity contribution is 0.102. The van der Waals surface area contributed by atoms with E-state index in [0.29, 0.717) is 35.3 Å². The van der Waals surface area contributed by atoms with E-state index in [1.807, 2.05) is 42.5 Å². The number of anilines is 2. The molecule has 1 heterocycles. The van der Waals surface area contributed by atoms with Crippen LogP contribution in [0.1, 0.15) is 29.3 Å². The number of carbonyl (C=O) groups excluding carboxylic acids is 1. The Bertz CT molecular complexity index is 1060. The van der Waals surface area contributed by atoms with Crippen molar-refractivity contribution in [1.29, 1.82) is 0 Å². The van der Waals surface area contributed by atoms with Crippen LogP contribution < -0.4 is 24.4 Å². The van der Waals surface area contributed by atoms with Gasteiger partial charge in [0.1, 0.15) is 6.61 Å². The van der Waals surface area contributed by atoms with Gasteiger partial charge in [-0.1, -0.05) is 37.3 Å². The quantitative estimate of drug-likeness (QED) is 0.503. The van der Waals surface area contributed by atoms with Crippen LogP contribution in [-0.2, 0) is 6.61 Å². The van der Waals surface area contributed by atoms with Crippen LogP contribution in [-0.4, -0.2) is 33.2 Å². The van der Waals surface area contributed by atoms with Gasteiger partial charge in [-0.25, -0.2) is 0 Å². The molecule has 1 aliphatic rings. The largest absolute Gasteiger partial charge is 0.493 e. The number of methoxy groups -OCH3 is 2. The molecular weight excluding hydrogens is 416 g/mol. The Balaban J connectivity index is 1.48. The van der Waals surface area contributed by atoms with Gasteiger partial charge in [0.15, 0.2) is 11.5 Å². The van der Waals surface area contributed by atoms with Crippen molar-refractivity contribution < 1.29 is 19.0 Å². The van der Waals surface area contributed by atoms with Crippen molar-refractivity contribution in [2.75, 3.05) is 37.5 Å². The summed E-state index contributed by atoms with van der Waals surface area (Å²) in [4.78, 5) is 15.3. The highest BCUT2D eigenvalue weighted by molar-refractivity contribution is 6.05. The first-order chi connectivity index (χ1) is 16.1. The Hall–Kier alpha value is -3.67. The average molecular weight is 447 g/mol. The smallest absolute Gasteiger partial charge is 0.255 e. The molecule has 0 radical (unpaired) electrons. The van der Waals surface area contributed by atoms with Crippen LogP contribution in [0, 0.1) is 5.92 Å². The van der Waals surface area contributed by atoms with E-state index in [9.17, 15) is 4.79 Å². The van der Waals surface area contributed by atoms with Crippen LogP contribution in [0.15, 0.2) is 66.7 Å². The molecule has 6 heteroatoms. The summed E-state index contributed by atoms with van der Waals surface area (Å²) < 4.78 is 17.0. The molecule has 1 N–H and O–H groups in total. The van der Waals surface area contributed by atoms with Gasteiger partial charge >= 0.3 is 0 Å². The molecular formula is C27H30N2O4.